The van der Waals surface area contributed by atoms with E-state index < -0.39 is 0 Å². The van der Waals surface area contributed by atoms with Gasteiger partial charge in [0.1, 0.15) is 12.4 Å². The van der Waals surface area contributed by atoms with Crippen molar-refractivity contribution in [1.29, 1.82) is 0 Å². The molecule has 0 aromatic carbocycles. The minimum absolute atomic E-state index is 0.192. The number of ether oxygens (including phenoxy) is 1. The number of aryl methyl sites for hydroxylation is 1. The van der Waals surface area contributed by atoms with E-state index in [9.17, 15) is 4.79 Å². The van der Waals surface area contributed by atoms with Crippen molar-refractivity contribution in [3.8, 4) is 0 Å². The summed E-state index contributed by atoms with van der Waals surface area (Å²) in [6.07, 6.45) is 4.05. The first kappa shape index (κ1) is 14.1. The third-order valence-electron chi connectivity index (χ3n) is 3.91. The Morgan fingerprint density at radius 2 is 2.16 bits per heavy atom. The van der Waals surface area contributed by atoms with Crippen molar-refractivity contribution < 1.29 is 9.53 Å². The van der Waals surface area contributed by atoms with Crippen molar-refractivity contribution in [1.82, 2.24) is 14.5 Å². The van der Waals surface area contributed by atoms with Crippen LogP contribution in [0, 0.1) is 12.8 Å². The number of rotatable bonds is 4. The van der Waals surface area contributed by atoms with Crippen molar-refractivity contribution in [3.05, 3.63) is 17.7 Å². The third kappa shape index (κ3) is 3.35. The topological polar surface area (TPSA) is 47.4 Å². The van der Waals surface area contributed by atoms with E-state index in [-0.39, 0.29) is 5.91 Å². The highest BCUT2D eigenvalue weighted by atomic mass is 16.5. The maximum absolute atomic E-state index is 11.3. The Hall–Kier alpha value is -1.36. The Bertz CT molecular complexity index is 434. The minimum atomic E-state index is 0.192. The molecule has 1 aromatic rings. The number of imidazole rings is 1. The molecule has 1 saturated heterocycles. The van der Waals surface area contributed by atoms with Gasteiger partial charge < -0.3 is 14.2 Å². The van der Waals surface area contributed by atoms with Gasteiger partial charge in [-0.3, -0.25) is 4.79 Å². The number of hydrogen-bond acceptors (Lipinski definition) is 3. The molecule has 1 amide bonds. The number of piperidine rings is 1. The Balaban J connectivity index is 1.95. The second kappa shape index (κ2) is 6.19. The van der Waals surface area contributed by atoms with Gasteiger partial charge in [0.05, 0.1) is 0 Å². The van der Waals surface area contributed by atoms with E-state index >= 15 is 0 Å². The molecule has 5 heteroatoms. The fraction of sp³-hybridized carbons (Fsp3) is 0.714. The molecule has 1 fully saturated rings. The molecule has 0 N–H and O–H groups in total. The number of methoxy groups -OCH3 is 1. The molecule has 0 unspecified atom stereocenters. The number of nitrogens with zero attached hydrogens (tertiary/aromatic N) is 3. The fourth-order valence-corrected chi connectivity index (χ4v) is 2.69. The first-order valence-corrected chi connectivity index (χ1v) is 6.87. The number of hydrogen-bond donors (Lipinski definition) is 0. The molecular formula is C14H23N3O2. The summed E-state index contributed by atoms with van der Waals surface area (Å²) in [4.78, 5) is 17.6. The summed E-state index contributed by atoms with van der Waals surface area (Å²) in [5, 5.41) is 0. The number of carbonyl (C=O) groups excluding carboxylic acids is 1. The minimum Gasteiger partial charge on any atom is -0.377 e. The summed E-state index contributed by atoms with van der Waals surface area (Å²) in [5.41, 5.74) is 1.18. The van der Waals surface area contributed by atoms with Crippen LogP contribution >= 0.6 is 0 Å². The molecule has 0 saturated carbocycles. The van der Waals surface area contributed by atoms with E-state index in [4.69, 9.17) is 4.74 Å². The molecule has 0 spiro atoms. The predicted octanol–water partition coefficient (Wildman–Crippen LogP) is 1.60. The zero-order valence-electron chi connectivity index (χ0n) is 12.1. The Morgan fingerprint density at radius 1 is 1.47 bits per heavy atom. The average molecular weight is 265 g/mol. The average Bonchev–Trinajstić information content (AvgIpc) is 2.73. The molecule has 1 aliphatic heterocycles. The van der Waals surface area contributed by atoms with Crippen LogP contribution in [0.1, 0.15) is 31.3 Å². The normalized spacial score (nSPS) is 16.9. The lowest BCUT2D eigenvalue weighted by atomic mass is 9.96. The van der Waals surface area contributed by atoms with E-state index in [1.54, 1.807) is 14.0 Å². The molecule has 19 heavy (non-hydrogen) atoms. The number of likely N-dealkylation sites (tertiary alicyclic amines) is 1. The van der Waals surface area contributed by atoms with E-state index in [1.807, 2.05) is 11.1 Å². The number of amides is 1. The highest BCUT2D eigenvalue weighted by molar-refractivity contribution is 5.73. The molecule has 1 aromatic heterocycles. The van der Waals surface area contributed by atoms with Crippen LogP contribution in [-0.4, -0.2) is 40.6 Å². The Morgan fingerprint density at radius 3 is 2.74 bits per heavy atom. The van der Waals surface area contributed by atoms with Gasteiger partial charge in [-0.25, -0.2) is 4.98 Å². The van der Waals surface area contributed by atoms with Crippen molar-refractivity contribution in [2.24, 2.45) is 5.92 Å². The first-order chi connectivity index (χ1) is 9.11. The van der Waals surface area contributed by atoms with Crippen molar-refractivity contribution in [2.75, 3.05) is 20.2 Å². The van der Waals surface area contributed by atoms with E-state index in [0.29, 0.717) is 12.5 Å². The van der Waals surface area contributed by atoms with Gasteiger partial charge in [0.15, 0.2) is 0 Å². The highest BCUT2D eigenvalue weighted by Gasteiger charge is 2.22. The second-order valence-electron chi connectivity index (χ2n) is 5.31. The maximum Gasteiger partial charge on any atom is 0.219 e. The second-order valence-corrected chi connectivity index (χ2v) is 5.31. The smallest absolute Gasteiger partial charge is 0.219 e. The zero-order chi connectivity index (χ0) is 13.8. The summed E-state index contributed by atoms with van der Waals surface area (Å²) in [5.74, 6) is 1.81. The van der Waals surface area contributed by atoms with Crippen LogP contribution < -0.4 is 0 Å². The monoisotopic (exact) mass is 265 g/mol. The van der Waals surface area contributed by atoms with Gasteiger partial charge in [-0.2, -0.15) is 0 Å². The highest BCUT2D eigenvalue weighted by Crippen LogP contribution is 2.21. The Labute approximate surface area is 114 Å². The lowest BCUT2D eigenvalue weighted by Crippen LogP contribution is -2.38. The molecule has 0 radical (unpaired) electrons. The third-order valence-corrected chi connectivity index (χ3v) is 3.91. The lowest BCUT2D eigenvalue weighted by Gasteiger charge is -2.31. The molecule has 1 aliphatic rings. The van der Waals surface area contributed by atoms with Crippen LogP contribution in [0.25, 0.3) is 0 Å². The molecule has 2 rings (SSSR count). The molecule has 0 bridgehead atoms. The van der Waals surface area contributed by atoms with Gasteiger partial charge in [-0.15, -0.1) is 0 Å². The van der Waals surface area contributed by atoms with Gasteiger partial charge in [0, 0.05) is 45.6 Å². The van der Waals surface area contributed by atoms with Crippen molar-refractivity contribution >= 4 is 5.91 Å². The van der Waals surface area contributed by atoms with Crippen LogP contribution in [0.2, 0.25) is 0 Å². The quantitative estimate of drug-likeness (QED) is 0.830. The van der Waals surface area contributed by atoms with Crippen molar-refractivity contribution in [3.63, 3.8) is 0 Å². The molecule has 5 nitrogen and oxygen atoms in total. The molecule has 0 atom stereocenters. The maximum atomic E-state index is 11.3. The summed E-state index contributed by atoms with van der Waals surface area (Å²) in [7, 11) is 1.69. The van der Waals surface area contributed by atoms with E-state index in [1.165, 1.54) is 5.69 Å². The zero-order valence-corrected chi connectivity index (χ0v) is 12.1. The van der Waals surface area contributed by atoms with Crippen LogP contribution in [0.3, 0.4) is 0 Å². The summed E-state index contributed by atoms with van der Waals surface area (Å²) in [6.45, 7) is 7.03. The molecular weight excluding hydrogens is 242 g/mol. The number of carbonyl (C=O) groups is 1. The molecule has 106 valence electrons. The molecule has 2 heterocycles. The van der Waals surface area contributed by atoms with Gasteiger partial charge in [-0.1, -0.05) is 0 Å². The van der Waals surface area contributed by atoms with Gasteiger partial charge in [-0.05, 0) is 25.7 Å². The van der Waals surface area contributed by atoms with Crippen LogP contribution in [-0.2, 0) is 22.7 Å². The standard InChI is InChI=1S/C14H23N3O2/c1-11-8-15-14(10-19-3)17(11)9-13-4-6-16(7-5-13)12(2)18/h8,13H,4-7,9-10H2,1-3H3. The fourth-order valence-electron chi connectivity index (χ4n) is 2.69. The summed E-state index contributed by atoms with van der Waals surface area (Å²) < 4.78 is 7.43. The largest absolute Gasteiger partial charge is 0.377 e. The first-order valence-electron chi connectivity index (χ1n) is 6.87. The van der Waals surface area contributed by atoms with Crippen molar-refractivity contribution in [2.45, 2.75) is 39.8 Å². The SMILES string of the molecule is COCc1ncc(C)n1CC1CCN(C(C)=O)CC1. The molecule has 0 aliphatic carbocycles. The van der Waals surface area contributed by atoms with Gasteiger partial charge >= 0.3 is 0 Å². The van der Waals surface area contributed by atoms with Gasteiger partial charge in [0.25, 0.3) is 0 Å². The van der Waals surface area contributed by atoms with E-state index in [0.717, 1.165) is 38.3 Å². The number of aromatic nitrogens is 2. The van der Waals surface area contributed by atoms with Crippen LogP contribution in [0.15, 0.2) is 6.20 Å². The summed E-state index contributed by atoms with van der Waals surface area (Å²) in [6, 6.07) is 0. The Kier molecular flexibility index (Phi) is 4.58. The van der Waals surface area contributed by atoms with Crippen LogP contribution in [0.4, 0.5) is 0 Å². The van der Waals surface area contributed by atoms with E-state index in [2.05, 4.69) is 16.5 Å². The lowest BCUT2D eigenvalue weighted by molar-refractivity contribution is -0.130. The van der Waals surface area contributed by atoms with Crippen LogP contribution in [0.5, 0.6) is 0 Å². The summed E-state index contributed by atoms with van der Waals surface area (Å²) >= 11 is 0. The predicted molar refractivity (Wildman–Crippen MR) is 72.7 cm³/mol. The van der Waals surface area contributed by atoms with Gasteiger partial charge in [0.2, 0.25) is 5.91 Å².